The van der Waals surface area contributed by atoms with E-state index in [9.17, 15) is 9.59 Å². The maximum absolute atomic E-state index is 14.2. The molecule has 0 aliphatic carbocycles. The molecule has 0 amide bonds. The van der Waals surface area contributed by atoms with Crippen molar-refractivity contribution in [2.45, 2.75) is 13.0 Å². The first-order valence-electron chi connectivity index (χ1n) is 13.2. The molecule has 0 spiro atoms. The lowest BCUT2D eigenvalue weighted by Gasteiger charge is -2.27. The molecule has 4 aromatic rings. The number of fused-ring (bicyclic) bond motifs is 1. The second-order valence-electron chi connectivity index (χ2n) is 9.13. The summed E-state index contributed by atoms with van der Waals surface area (Å²) >= 11 is 1.23. The molecule has 0 saturated heterocycles. The molecule has 0 saturated carbocycles. The molecule has 9 nitrogen and oxygen atoms in total. The van der Waals surface area contributed by atoms with E-state index in [0.717, 1.165) is 5.56 Å². The minimum absolute atomic E-state index is 0.149. The van der Waals surface area contributed by atoms with Crippen molar-refractivity contribution in [2.24, 2.45) is 4.99 Å². The van der Waals surface area contributed by atoms with Gasteiger partial charge in [0.2, 0.25) is 0 Å². The highest BCUT2D eigenvalue weighted by molar-refractivity contribution is 7.07. The van der Waals surface area contributed by atoms with Crippen molar-refractivity contribution in [3.05, 3.63) is 109 Å². The lowest BCUT2D eigenvalue weighted by Crippen LogP contribution is -2.40. The summed E-state index contributed by atoms with van der Waals surface area (Å²) in [6.07, 6.45) is 1.77. The van der Waals surface area contributed by atoms with E-state index in [1.807, 2.05) is 42.5 Å². The maximum atomic E-state index is 14.2. The van der Waals surface area contributed by atoms with Crippen LogP contribution < -0.4 is 33.8 Å². The normalized spacial score (nSPS) is 14.6. The van der Waals surface area contributed by atoms with Gasteiger partial charge in [0.1, 0.15) is 6.04 Å². The highest BCUT2D eigenvalue weighted by atomic mass is 32.1. The summed E-state index contributed by atoms with van der Waals surface area (Å²) in [5.74, 6) is 1.39. The van der Waals surface area contributed by atoms with Crippen LogP contribution in [-0.2, 0) is 9.53 Å². The number of hydrogen-bond donors (Lipinski definition) is 0. The van der Waals surface area contributed by atoms with Gasteiger partial charge < -0.3 is 23.7 Å². The largest absolute Gasteiger partial charge is 0.493 e. The number of benzene rings is 3. The Bertz CT molecular complexity index is 1840. The van der Waals surface area contributed by atoms with Crippen molar-refractivity contribution in [3.8, 4) is 23.0 Å². The zero-order valence-corrected chi connectivity index (χ0v) is 24.7. The van der Waals surface area contributed by atoms with Crippen molar-refractivity contribution in [2.75, 3.05) is 35.0 Å². The topological polar surface area (TPSA) is 97.6 Å². The first kappa shape index (κ1) is 28.7. The Hall–Kier alpha value is -4.83. The molecule has 10 heteroatoms. The Morgan fingerprint density at radius 2 is 1.64 bits per heavy atom. The summed E-state index contributed by atoms with van der Waals surface area (Å²) < 4.78 is 29.6. The van der Waals surface area contributed by atoms with Crippen LogP contribution in [0.2, 0.25) is 0 Å². The molecule has 0 unspecified atom stereocenters. The van der Waals surface area contributed by atoms with Crippen molar-refractivity contribution in [3.63, 3.8) is 0 Å². The minimum Gasteiger partial charge on any atom is -0.493 e. The number of aromatic nitrogens is 1. The maximum Gasteiger partial charge on any atom is 0.338 e. The number of rotatable bonds is 9. The fourth-order valence-corrected chi connectivity index (χ4v) is 5.96. The van der Waals surface area contributed by atoms with Gasteiger partial charge in [-0.3, -0.25) is 9.36 Å². The molecule has 0 bridgehead atoms. The summed E-state index contributed by atoms with van der Waals surface area (Å²) in [6.45, 7) is 1.89. The van der Waals surface area contributed by atoms with Gasteiger partial charge >= 0.3 is 5.97 Å². The quantitative estimate of drug-likeness (QED) is 0.274. The van der Waals surface area contributed by atoms with Gasteiger partial charge in [-0.1, -0.05) is 59.9 Å². The number of esters is 1. The smallest absolute Gasteiger partial charge is 0.338 e. The average molecular weight is 587 g/mol. The minimum atomic E-state index is -0.909. The molecule has 1 aromatic heterocycles. The van der Waals surface area contributed by atoms with E-state index in [1.54, 1.807) is 51.5 Å². The highest BCUT2D eigenvalue weighted by Crippen LogP contribution is 2.42. The third kappa shape index (κ3) is 5.16. The molecule has 0 fully saturated rings. The molecule has 2 heterocycles. The highest BCUT2D eigenvalue weighted by Gasteiger charge is 2.37. The van der Waals surface area contributed by atoms with E-state index < -0.39 is 12.0 Å². The number of para-hydroxylation sites is 1. The first-order valence-corrected chi connectivity index (χ1v) is 14.0. The molecule has 5 rings (SSSR count). The summed E-state index contributed by atoms with van der Waals surface area (Å²) in [6, 6.07) is 19.2. The third-order valence-electron chi connectivity index (χ3n) is 6.81. The number of methoxy groups -OCH3 is 4. The van der Waals surface area contributed by atoms with Gasteiger partial charge in [-0.2, -0.15) is 0 Å². The third-order valence-corrected chi connectivity index (χ3v) is 7.79. The van der Waals surface area contributed by atoms with Gasteiger partial charge in [0.25, 0.3) is 5.56 Å². The van der Waals surface area contributed by atoms with E-state index in [2.05, 4.69) is 0 Å². The van der Waals surface area contributed by atoms with Gasteiger partial charge in [0.05, 0.1) is 50.8 Å². The molecule has 0 radical (unpaired) electrons. The molecule has 0 N–H and O–H groups in total. The van der Waals surface area contributed by atoms with E-state index in [1.165, 1.54) is 30.1 Å². The summed E-state index contributed by atoms with van der Waals surface area (Å²) in [5, 5.41) is 0. The molecule has 216 valence electrons. The zero-order valence-electron chi connectivity index (χ0n) is 23.9. The number of nitrogens with zero attached hydrogens (tertiary/aromatic N) is 2. The molecule has 1 aliphatic heterocycles. The monoisotopic (exact) mass is 586 g/mol. The van der Waals surface area contributed by atoms with E-state index in [0.29, 0.717) is 49.2 Å². The van der Waals surface area contributed by atoms with Crippen molar-refractivity contribution < 1.29 is 28.5 Å². The summed E-state index contributed by atoms with van der Waals surface area (Å²) in [4.78, 5) is 33.2. The van der Waals surface area contributed by atoms with E-state index in [4.69, 9.17) is 28.7 Å². The number of carbonyl (C=O) groups is 1. The number of hydrogen-bond acceptors (Lipinski definition) is 9. The van der Waals surface area contributed by atoms with Crippen molar-refractivity contribution in [1.82, 2.24) is 4.57 Å². The molecule has 42 heavy (non-hydrogen) atoms. The second-order valence-corrected chi connectivity index (χ2v) is 10.1. The average Bonchev–Trinajstić information content (AvgIpc) is 3.34. The van der Waals surface area contributed by atoms with Crippen LogP contribution in [-0.4, -0.2) is 45.6 Å². The van der Waals surface area contributed by atoms with Gasteiger partial charge in [-0.25, -0.2) is 9.79 Å². The predicted octanol–water partition coefficient (Wildman–Crippen LogP) is 3.97. The molecular weight excluding hydrogens is 556 g/mol. The van der Waals surface area contributed by atoms with E-state index >= 15 is 0 Å². The van der Waals surface area contributed by atoms with Gasteiger partial charge in [0.15, 0.2) is 27.8 Å². The molecule has 3 aromatic carbocycles. The Morgan fingerprint density at radius 1 is 0.905 bits per heavy atom. The second kappa shape index (κ2) is 12.4. The number of ether oxygens (including phenoxy) is 5. The molecule has 1 atom stereocenters. The zero-order chi connectivity index (χ0) is 29.8. The van der Waals surface area contributed by atoms with Crippen LogP contribution in [0.3, 0.4) is 0 Å². The standard InChI is InChI=1S/C32H30N2O7S/c1-6-41-31(36)26-27(20-11-8-7-9-12-20)33-32-34(28(26)21-13-10-14-23(38-3)29(21)40-5)30(35)25(42-32)18-19-15-16-22(37-2)24(17-19)39-4/h7-18,28H,6H2,1-5H3/b25-18-/t28-/m1/s1. The Labute approximate surface area is 246 Å². The lowest BCUT2D eigenvalue weighted by atomic mass is 9.92. The fourth-order valence-electron chi connectivity index (χ4n) is 4.96. The Balaban J connectivity index is 1.85. The van der Waals surface area contributed by atoms with E-state index in [-0.39, 0.29) is 17.7 Å². The van der Waals surface area contributed by atoms with Crippen LogP contribution in [0.4, 0.5) is 0 Å². The van der Waals surface area contributed by atoms with Gasteiger partial charge in [-0.15, -0.1) is 0 Å². The fraction of sp³-hybridized carbons (Fsp3) is 0.219. The van der Waals surface area contributed by atoms with Crippen LogP contribution >= 0.6 is 11.3 Å². The first-order chi connectivity index (χ1) is 20.4. The number of carbonyl (C=O) groups excluding carboxylic acids is 1. The van der Waals surface area contributed by atoms with Crippen LogP contribution in [0.15, 0.2) is 82.1 Å². The molecule has 1 aliphatic rings. The van der Waals surface area contributed by atoms with Crippen molar-refractivity contribution in [1.29, 1.82) is 0 Å². The van der Waals surface area contributed by atoms with Crippen LogP contribution in [0.5, 0.6) is 23.0 Å². The van der Waals surface area contributed by atoms with Gasteiger partial charge in [-0.05, 0) is 36.8 Å². The Kier molecular flexibility index (Phi) is 8.44. The number of thiazole rings is 1. The SMILES string of the molecule is CCOC(=O)C1=C(c2ccccc2)N=c2s/c(=C\c3ccc(OC)c(OC)c3)c(=O)n2[C@@H]1c1cccc(OC)c1OC. The lowest BCUT2D eigenvalue weighted by molar-refractivity contribution is -0.138. The van der Waals surface area contributed by atoms with Gasteiger partial charge in [0, 0.05) is 11.1 Å². The van der Waals surface area contributed by atoms with Crippen LogP contribution in [0.1, 0.15) is 29.7 Å². The molecular formula is C32H30N2O7S. The Morgan fingerprint density at radius 3 is 2.31 bits per heavy atom. The predicted molar refractivity (Wildman–Crippen MR) is 160 cm³/mol. The summed E-state index contributed by atoms with van der Waals surface area (Å²) in [7, 11) is 6.18. The van der Waals surface area contributed by atoms with Crippen molar-refractivity contribution >= 4 is 29.1 Å². The van der Waals surface area contributed by atoms with Crippen LogP contribution in [0.25, 0.3) is 11.8 Å². The van der Waals surface area contributed by atoms with Crippen LogP contribution in [0, 0.1) is 0 Å². The summed E-state index contributed by atoms with van der Waals surface area (Å²) in [5.41, 5.74) is 2.33.